The highest BCUT2D eigenvalue weighted by Crippen LogP contribution is 2.35. The third-order valence-electron chi connectivity index (χ3n) is 4.58. The van der Waals surface area contributed by atoms with Crippen LogP contribution in [0.5, 0.6) is 11.5 Å². The maximum Gasteiger partial charge on any atom is 0.266 e. The molecular formula is C23H23N3O3S. The summed E-state index contributed by atoms with van der Waals surface area (Å²) in [6, 6.07) is 13.3. The minimum Gasteiger partial charge on any atom is -0.490 e. The molecule has 1 aliphatic rings. The molecule has 0 spiro atoms. The molecule has 30 heavy (non-hydrogen) atoms. The van der Waals surface area contributed by atoms with Crippen molar-refractivity contribution in [3.05, 3.63) is 58.0 Å². The molecule has 6 nitrogen and oxygen atoms in total. The van der Waals surface area contributed by atoms with Crippen molar-refractivity contribution < 1.29 is 14.3 Å². The van der Waals surface area contributed by atoms with Crippen LogP contribution >= 0.6 is 11.8 Å². The molecule has 3 rings (SSSR count). The molecule has 154 valence electrons. The summed E-state index contributed by atoms with van der Waals surface area (Å²) in [6.07, 6.45) is 1.81. The maximum atomic E-state index is 12.7. The number of amides is 1. The van der Waals surface area contributed by atoms with Crippen molar-refractivity contribution in [1.82, 2.24) is 4.90 Å². The van der Waals surface area contributed by atoms with Crippen molar-refractivity contribution in [2.45, 2.75) is 20.8 Å². The van der Waals surface area contributed by atoms with Crippen molar-refractivity contribution in [3.63, 3.8) is 0 Å². The highest BCUT2D eigenvalue weighted by atomic mass is 32.2. The lowest BCUT2D eigenvalue weighted by atomic mass is 10.1. The first-order chi connectivity index (χ1) is 14.4. The Labute approximate surface area is 180 Å². The molecule has 2 aromatic rings. The first-order valence-electron chi connectivity index (χ1n) is 9.53. The Bertz CT molecular complexity index is 1070. The molecule has 0 atom stereocenters. The van der Waals surface area contributed by atoms with E-state index in [1.165, 1.54) is 17.3 Å². The van der Waals surface area contributed by atoms with Gasteiger partial charge in [-0.05, 0) is 79.6 Å². The Morgan fingerprint density at radius 1 is 1.13 bits per heavy atom. The zero-order chi connectivity index (χ0) is 21.7. The number of aryl methyl sites for hydroxylation is 2. The van der Waals surface area contributed by atoms with Gasteiger partial charge in [0.15, 0.2) is 23.3 Å². The minimum atomic E-state index is -0.106. The molecule has 1 fully saturated rings. The quantitative estimate of drug-likeness (QED) is 0.624. The summed E-state index contributed by atoms with van der Waals surface area (Å²) < 4.78 is 11.0. The monoisotopic (exact) mass is 421 g/mol. The number of nitriles is 1. The molecule has 0 unspecified atom stereocenters. The molecule has 1 amide bonds. The van der Waals surface area contributed by atoms with E-state index < -0.39 is 0 Å². The van der Waals surface area contributed by atoms with E-state index in [1.807, 2.05) is 50.3 Å². The number of ether oxygens (including phenoxy) is 2. The topological polar surface area (TPSA) is 74.9 Å². The molecule has 0 aromatic heterocycles. The predicted octanol–water partition coefficient (Wildman–Crippen LogP) is 4.84. The number of hydrogen-bond acceptors (Lipinski definition) is 6. The van der Waals surface area contributed by atoms with Crippen molar-refractivity contribution >= 4 is 34.6 Å². The minimum absolute atomic E-state index is 0.0576. The largest absolute Gasteiger partial charge is 0.490 e. The maximum absolute atomic E-state index is 12.7. The summed E-state index contributed by atoms with van der Waals surface area (Å²) in [6.45, 7) is 6.38. The lowest BCUT2D eigenvalue weighted by molar-refractivity contribution is -0.121. The Balaban J connectivity index is 1.87. The van der Waals surface area contributed by atoms with Gasteiger partial charge in [-0.15, -0.1) is 0 Å². The number of hydrogen-bond donors (Lipinski definition) is 0. The van der Waals surface area contributed by atoms with Crippen molar-refractivity contribution in [2.24, 2.45) is 4.99 Å². The van der Waals surface area contributed by atoms with Gasteiger partial charge in [0.25, 0.3) is 5.91 Å². The highest BCUT2D eigenvalue weighted by molar-refractivity contribution is 8.18. The number of rotatable bonds is 6. The van der Waals surface area contributed by atoms with Crippen LogP contribution in [0, 0.1) is 25.2 Å². The SMILES string of the molecule is CCOc1cc(/C=C2/SC(=Nc3ccc(C)c(C)c3)N(C)C2=O)ccc1OCC#N. The van der Waals surface area contributed by atoms with Crippen LogP contribution in [-0.2, 0) is 4.79 Å². The van der Waals surface area contributed by atoms with Crippen molar-refractivity contribution in [1.29, 1.82) is 5.26 Å². The van der Waals surface area contributed by atoms with Gasteiger partial charge in [-0.3, -0.25) is 9.69 Å². The van der Waals surface area contributed by atoms with Gasteiger partial charge in [-0.2, -0.15) is 5.26 Å². The molecule has 1 heterocycles. The summed E-state index contributed by atoms with van der Waals surface area (Å²) in [5.74, 6) is 0.931. The predicted molar refractivity (Wildman–Crippen MR) is 120 cm³/mol. The van der Waals surface area contributed by atoms with Crippen LogP contribution < -0.4 is 9.47 Å². The van der Waals surface area contributed by atoms with Crippen LogP contribution in [0.25, 0.3) is 6.08 Å². The van der Waals surface area contributed by atoms with E-state index in [4.69, 9.17) is 14.7 Å². The van der Waals surface area contributed by atoms with Gasteiger partial charge < -0.3 is 9.47 Å². The fourth-order valence-corrected chi connectivity index (χ4v) is 3.81. The van der Waals surface area contributed by atoms with Crippen LogP contribution in [0.15, 0.2) is 46.3 Å². The number of carbonyl (C=O) groups is 1. The van der Waals surface area contributed by atoms with E-state index in [-0.39, 0.29) is 12.5 Å². The molecule has 0 N–H and O–H groups in total. The smallest absolute Gasteiger partial charge is 0.266 e. The molecule has 0 saturated carbocycles. The van der Waals surface area contributed by atoms with E-state index in [1.54, 1.807) is 24.1 Å². The fourth-order valence-electron chi connectivity index (χ4n) is 2.82. The second kappa shape index (κ2) is 9.51. The van der Waals surface area contributed by atoms with E-state index in [0.717, 1.165) is 16.8 Å². The average molecular weight is 422 g/mol. The van der Waals surface area contributed by atoms with E-state index >= 15 is 0 Å². The summed E-state index contributed by atoms with van der Waals surface area (Å²) >= 11 is 1.34. The van der Waals surface area contributed by atoms with Gasteiger partial charge in [0.2, 0.25) is 0 Å². The molecule has 0 bridgehead atoms. The third-order valence-corrected chi connectivity index (χ3v) is 5.64. The second-order valence-corrected chi connectivity index (χ2v) is 7.73. The Morgan fingerprint density at radius 2 is 1.93 bits per heavy atom. The third kappa shape index (κ3) is 4.84. The molecule has 1 saturated heterocycles. The van der Waals surface area contributed by atoms with E-state index in [9.17, 15) is 4.79 Å². The summed E-state index contributed by atoms with van der Waals surface area (Å²) in [5, 5.41) is 9.36. The Hall–Kier alpha value is -3.24. The van der Waals surface area contributed by atoms with Crippen LogP contribution in [0.1, 0.15) is 23.6 Å². The summed E-state index contributed by atoms with van der Waals surface area (Å²) in [5.41, 5.74) is 3.99. The van der Waals surface area contributed by atoms with Crippen LogP contribution in [-0.4, -0.2) is 36.2 Å². The average Bonchev–Trinajstić information content (AvgIpc) is 2.98. The molecular weight excluding hydrogens is 398 g/mol. The molecule has 1 aliphatic heterocycles. The summed E-state index contributed by atoms with van der Waals surface area (Å²) in [7, 11) is 1.72. The Morgan fingerprint density at radius 3 is 2.63 bits per heavy atom. The number of aliphatic imine (C=N–C) groups is 1. The number of nitrogens with zero attached hydrogens (tertiary/aromatic N) is 3. The number of amidine groups is 1. The molecule has 7 heteroatoms. The molecule has 2 aromatic carbocycles. The standard InChI is InChI=1S/C23H23N3O3S/c1-5-28-20-13-17(7-9-19(20)29-11-10-24)14-21-22(27)26(4)23(30-21)25-18-8-6-15(2)16(3)12-18/h6-9,12-14H,5,11H2,1-4H3/b21-14+,25-23?. The molecule has 0 radical (unpaired) electrons. The number of carbonyl (C=O) groups excluding carboxylic acids is 1. The van der Waals surface area contributed by atoms with Crippen LogP contribution in [0.3, 0.4) is 0 Å². The highest BCUT2D eigenvalue weighted by Gasteiger charge is 2.30. The van der Waals surface area contributed by atoms with Gasteiger partial charge >= 0.3 is 0 Å². The van der Waals surface area contributed by atoms with Gasteiger partial charge in [0, 0.05) is 7.05 Å². The van der Waals surface area contributed by atoms with Crippen LogP contribution in [0.4, 0.5) is 5.69 Å². The number of likely N-dealkylation sites (N-methyl/N-ethyl adjacent to an activating group) is 1. The van der Waals surface area contributed by atoms with Crippen molar-refractivity contribution in [3.8, 4) is 17.6 Å². The Kier molecular flexibility index (Phi) is 6.80. The van der Waals surface area contributed by atoms with Gasteiger partial charge in [-0.25, -0.2) is 4.99 Å². The van der Waals surface area contributed by atoms with E-state index in [0.29, 0.717) is 28.2 Å². The van der Waals surface area contributed by atoms with Crippen molar-refractivity contribution in [2.75, 3.05) is 20.3 Å². The van der Waals surface area contributed by atoms with Crippen LogP contribution in [0.2, 0.25) is 0 Å². The normalized spacial score (nSPS) is 16.2. The fraction of sp³-hybridized carbons (Fsp3) is 0.261. The number of benzene rings is 2. The van der Waals surface area contributed by atoms with Gasteiger partial charge in [0.1, 0.15) is 6.07 Å². The first kappa shape index (κ1) is 21.5. The summed E-state index contributed by atoms with van der Waals surface area (Å²) in [4.78, 5) is 19.5. The van der Waals surface area contributed by atoms with E-state index in [2.05, 4.69) is 11.9 Å². The zero-order valence-electron chi connectivity index (χ0n) is 17.4. The first-order valence-corrected chi connectivity index (χ1v) is 10.3. The molecule has 0 aliphatic carbocycles. The van der Waals surface area contributed by atoms with Gasteiger partial charge in [0.05, 0.1) is 17.2 Å². The van der Waals surface area contributed by atoms with Gasteiger partial charge in [-0.1, -0.05) is 12.1 Å². The second-order valence-electron chi connectivity index (χ2n) is 6.72. The zero-order valence-corrected chi connectivity index (χ0v) is 18.2. The lowest BCUT2D eigenvalue weighted by Crippen LogP contribution is -2.23. The lowest BCUT2D eigenvalue weighted by Gasteiger charge is -2.10. The number of thioether (sulfide) groups is 1.